The molecule has 0 radical (unpaired) electrons. The van der Waals surface area contributed by atoms with E-state index in [1.807, 2.05) is 24.3 Å². The first-order valence-corrected chi connectivity index (χ1v) is 11.3. The number of imide groups is 1. The lowest BCUT2D eigenvalue weighted by Crippen LogP contribution is -2.44. The van der Waals surface area contributed by atoms with Crippen molar-refractivity contribution in [1.82, 2.24) is 9.80 Å². The molecule has 1 fully saturated rings. The van der Waals surface area contributed by atoms with Crippen LogP contribution >= 0.6 is 23.4 Å². The van der Waals surface area contributed by atoms with E-state index in [4.69, 9.17) is 16.3 Å². The third-order valence-corrected chi connectivity index (χ3v) is 6.49. The zero-order valence-corrected chi connectivity index (χ0v) is 18.9. The van der Waals surface area contributed by atoms with Gasteiger partial charge in [-0.2, -0.15) is 0 Å². The van der Waals surface area contributed by atoms with Crippen molar-refractivity contribution in [2.45, 2.75) is 19.9 Å². The molecule has 4 rings (SSSR count). The van der Waals surface area contributed by atoms with Crippen molar-refractivity contribution in [1.29, 1.82) is 0 Å². The van der Waals surface area contributed by atoms with Gasteiger partial charge in [0.2, 0.25) is 5.91 Å². The Labute approximate surface area is 194 Å². The Hall–Kier alpha value is -2.97. The second kappa shape index (κ2) is 9.26. The summed E-state index contributed by atoms with van der Waals surface area (Å²) in [6.45, 7) is 2.81. The molecule has 3 amide bonds. The Kier molecular flexibility index (Phi) is 6.43. The fraction of sp³-hybridized carbons (Fsp3) is 0.261. The minimum Gasteiger partial charge on any atom is -0.503 e. The summed E-state index contributed by atoms with van der Waals surface area (Å²) in [7, 11) is 0. The molecule has 2 aliphatic heterocycles. The van der Waals surface area contributed by atoms with Crippen LogP contribution in [0.2, 0.25) is 5.02 Å². The molecule has 32 heavy (non-hydrogen) atoms. The van der Waals surface area contributed by atoms with Gasteiger partial charge in [0.15, 0.2) is 11.5 Å². The molecule has 0 bridgehead atoms. The lowest BCUT2D eigenvalue weighted by atomic mass is 10.00. The van der Waals surface area contributed by atoms with Gasteiger partial charge in [-0.25, -0.2) is 0 Å². The Morgan fingerprint density at radius 2 is 2.00 bits per heavy atom. The van der Waals surface area contributed by atoms with Gasteiger partial charge in [-0.1, -0.05) is 35.9 Å². The quantitative estimate of drug-likeness (QED) is 0.660. The van der Waals surface area contributed by atoms with Crippen LogP contribution in [0.25, 0.3) is 6.08 Å². The van der Waals surface area contributed by atoms with Crippen molar-refractivity contribution in [3.63, 3.8) is 0 Å². The van der Waals surface area contributed by atoms with Crippen molar-refractivity contribution in [2.75, 3.05) is 19.7 Å². The van der Waals surface area contributed by atoms with E-state index < -0.39 is 11.1 Å². The molecular formula is C23H21ClN2O5S. The van der Waals surface area contributed by atoms with E-state index in [0.29, 0.717) is 25.3 Å². The summed E-state index contributed by atoms with van der Waals surface area (Å²) in [4.78, 5) is 40.9. The summed E-state index contributed by atoms with van der Waals surface area (Å²) in [5, 5.41) is 9.55. The number of halogens is 1. The fourth-order valence-electron chi connectivity index (χ4n) is 3.67. The van der Waals surface area contributed by atoms with Crippen LogP contribution in [-0.4, -0.2) is 51.7 Å². The number of ether oxygens (including phenoxy) is 1. The zero-order chi connectivity index (χ0) is 22.8. The van der Waals surface area contributed by atoms with E-state index in [0.717, 1.165) is 28.6 Å². The van der Waals surface area contributed by atoms with Gasteiger partial charge >= 0.3 is 0 Å². The van der Waals surface area contributed by atoms with Crippen molar-refractivity contribution >= 4 is 46.5 Å². The highest BCUT2D eigenvalue weighted by molar-refractivity contribution is 8.18. The lowest BCUT2D eigenvalue weighted by molar-refractivity contribution is -0.136. The van der Waals surface area contributed by atoms with E-state index >= 15 is 0 Å². The number of benzene rings is 2. The van der Waals surface area contributed by atoms with Gasteiger partial charge in [0.05, 0.1) is 16.5 Å². The van der Waals surface area contributed by atoms with Gasteiger partial charge in [0.1, 0.15) is 6.54 Å². The number of rotatable bonds is 5. The molecule has 2 heterocycles. The number of nitrogens with zero attached hydrogens (tertiary/aromatic N) is 2. The number of hydrogen-bond donors (Lipinski definition) is 1. The number of carbonyl (C=O) groups is 3. The van der Waals surface area contributed by atoms with Crippen LogP contribution in [0.3, 0.4) is 0 Å². The highest BCUT2D eigenvalue weighted by atomic mass is 35.5. The summed E-state index contributed by atoms with van der Waals surface area (Å²) in [6.07, 6.45) is 2.24. The van der Waals surface area contributed by atoms with E-state index in [1.54, 1.807) is 11.8 Å². The summed E-state index contributed by atoms with van der Waals surface area (Å²) in [5.74, 6) is -0.805. The molecule has 1 saturated heterocycles. The number of amides is 3. The van der Waals surface area contributed by atoms with Gasteiger partial charge in [-0.05, 0) is 60.0 Å². The van der Waals surface area contributed by atoms with Crippen LogP contribution in [0.5, 0.6) is 11.5 Å². The van der Waals surface area contributed by atoms with Gasteiger partial charge in [0.25, 0.3) is 11.1 Å². The van der Waals surface area contributed by atoms with Crippen LogP contribution in [0.1, 0.15) is 23.6 Å². The van der Waals surface area contributed by atoms with E-state index in [1.165, 1.54) is 23.8 Å². The van der Waals surface area contributed by atoms with Crippen LogP contribution in [0.4, 0.5) is 4.79 Å². The summed E-state index contributed by atoms with van der Waals surface area (Å²) < 4.78 is 5.35. The van der Waals surface area contributed by atoms with Crippen LogP contribution in [-0.2, 0) is 22.6 Å². The Morgan fingerprint density at radius 3 is 2.75 bits per heavy atom. The highest BCUT2D eigenvalue weighted by Gasteiger charge is 2.37. The Bertz CT molecular complexity index is 1130. The van der Waals surface area contributed by atoms with Gasteiger partial charge in [0, 0.05) is 13.1 Å². The number of aromatic hydroxyl groups is 1. The van der Waals surface area contributed by atoms with Crippen molar-refractivity contribution in [2.24, 2.45) is 0 Å². The van der Waals surface area contributed by atoms with Crippen LogP contribution < -0.4 is 4.74 Å². The molecule has 7 nitrogen and oxygen atoms in total. The Morgan fingerprint density at radius 1 is 1.25 bits per heavy atom. The first-order chi connectivity index (χ1) is 15.4. The zero-order valence-electron chi connectivity index (χ0n) is 17.3. The second-order valence-corrected chi connectivity index (χ2v) is 8.78. The minimum absolute atomic E-state index is 0.0713. The molecule has 0 saturated carbocycles. The summed E-state index contributed by atoms with van der Waals surface area (Å²) >= 11 is 6.81. The molecule has 9 heteroatoms. The molecule has 2 aromatic carbocycles. The number of hydrogen-bond acceptors (Lipinski definition) is 6. The molecule has 0 spiro atoms. The van der Waals surface area contributed by atoms with Crippen molar-refractivity contribution < 1.29 is 24.2 Å². The maximum Gasteiger partial charge on any atom is 0.294 e. The molecule has 0 aliphatic carbocycles. The number of phenols is 1. The van der Waals surface area contributed by atoms with Crippen molar-refractivity contribution in [3.8, 4) is 11.5 Å². The normalized spacial score (nSPS) is 17.1. The number of carbonyl (C=O) groups excluding carboxylic acids is 3. The predicted octanol–water partition coefficient (Wildman–Crippen LogP) is 4.07. The number of phenolic OH excluding ortho intramolecular Hbond substituents is 1. The maximum atomic E-state index is 12.8. The minimum atomic E-state index is -0.534. The fourth-order valence-corrected chi connectivity index (χ4v) is 4.73. The summed E-state index contributed by atoms with van der Waals surface area (Å²) in [5.41, 5.74) is 2.79. The van der Waals surface area contributed by atoms with Crippen molar-refractivity contribution in [3.05, 3.63) is 63.0 Å². The smallest absolute Gasteiger partial charge is 0.294 e. The van der Waals surface area contributed by atoms with Gasteiger partial charge in [-0.3, -0.25) is 19.3 Å². The van der Waals surface area contributed by atoms with E-state index in [-0.39, 0.29) is 33.9 Å². The van der Waals surface area contributed by atoms with Gasteiger partial charge in [-0.15, -0.1) is 0 Å². The average molecular weight is 473 g/mol. The molecule has 2 aromatic rings. The first kappa shape index (κ1) is 22.2. The van der Waals surface area contributed by atoms with E-state index in [2.05, 4.69) is 0 Å². The highest BCUT2D eigenvalue weighted by Crippen LogP contribution is 2.38. The van der Waals surface area contributed by atoms with E-state index in [9.17, 15) is 19.5 Å². The topological polar surface area (TPSA) is 87.2 Å². The molecule has 0 unspecified atom stereocenters. The SMILES string of the molecule is CCOc1cc(/C=C2\SC(=O)N(CC(=O)N3CCc4ccccc4C3)C2=O)cc(Cl)c1O. The number of thioether (sulfide) groups is 1. The number of fused-ring (bicyclic) bond motifs is 1. The van der Waals surface area contributed by atoms with Crippen LogP contribution in [0.15, 0.2) is 41.3 Å². The third kappa shape index (κ3) is 4.47. The largest absolute Gasteiger partial charge is 0.503 e. The Balaban J connectivity index is 1.48. The molecular weight excluding hydrogens is 452 g/mol. The maximum absolute atomic E-state index is 12.8. The molecule has 1 N–H and O–H groups in total. The van der Waals surface area contributed by atoms with Crippen LogP contribution in [0, 0.1) is 0 Å². The molecule has 0 atom stereocenters. The second-order valence-electron chi connectivity index (χ2n) is 7.38. The molecule has 0 aromatic heterocycles. The standard InChI is InChI=1S/C23H21ClN2O5S/c1-2-31-18-10-14(9-17(24)21(18)28)11-19-22(29)26(23(30)32-19)13-20(27)25-8-7-15-5-3-4-6-16(15)12-25/h3-6,9-11,28H,2,7-8,12-13H2,1H3/b19-11-. The van der Waals surface area contributed by atoms with Gasteiger partial charge < -0.3 is 14.7 Å². The molecule has 166 valence electrons. The average Bonchev–Trinajstić information content (AvgIpc) is 3.04. The summed E-state index contributed by atoms with van der Waals surface area (Å²) in [6, 6.07) is 10.9. The lowest BCUT2D eigenvalue weighted by Gasteiger charge is -2.29. The molecule has 2 aliphatic rings. The monoisotopic (exact) mass is 472 g/mol. The third-order valence-electron chi connectivity index (χ3n) is 5.30. The first-order valence-electron chi connectivity index (χ1n) is 10.1. The predicted molar refractivity (Wildman–Crippen MR) is 123 cm³/mol.